The Hall–Kier alpha value is -3.26. The molecule has 0 aliphatic heterocycles. The van der Waals surface area contributed by atoms with Gasteiger partial charge in [-0.1, -0.05) is 20.8 Å². The zero-order valence-electron chi connectivity index (χ0n) is 20.8. The minimum Gasteiger partial charge on any atom is -0.489 e. The quantitative estimate of drug-likeness (QED) is 0.416. The molecule has 0 aromatic carbocycles. The molecule has 180 valence electrons. The van der Waals surface area contributed by atoms with Crippen molar-refractivity contribution in [2.75, 3.05) is 13.7 Å². The molecule has 0 unspecified atom stereocenters. The van der Waals surface area contributed by atoms with Crippen LogP contribution in [0.3, 0.4) is 0 Å². The second-order valence-electron chi connectivity index (χ2n) is 9.89. The molecule has 0 fully saturated rings. The second kappa shape index (κ2) is 9.54. The zero-order valence-corrected chi connectivity index (χ0v) is 20.8. The van der Waals surface area contributed by atoms with Gasteiger partial charge in [0.05, 0.1) is 30.4 Å². The topological polar surface area (TPSA) is 69.3 Å². The molecular formula is C26H33FN6O. The Morgan fingerprint density at radius 1 is 1.15 bits per heavy atom. The molecule has 0 atom stereocenters. The summed E-state index contributed by atoms with van der Waals surface area (Å²) in [6.07, 6.45) is 8.15. The van der Waals surface area contributed by atoms with Crippen molar-refractivity contribution in [2.45, 2.75) is 47.1 Å². The van der Waals surface area contributed by atoms with Crippen molar-refractivity contribution in [3.63, 3.8) is 0 Å². The Balaban J connectivity index is 1.60. The summed E-state index contributed by atoms with van der Waals surface area (Å²) in [4.78, 5) is 8.51. The van der Waals surface area contributed by atoms with Crippen molar-refractivity contribution >= 4 is 5.65 Å². The Bertz CT molecular complexity index is 1300. The maximum Gasteiger partial charge on any atom is 0.183 e. The van der Waals surface area contributed by atoms with E-state index in [2.05, 4.69) is 43.0 Å². The fraction of sp³-hybridized carbons (Fsp3) is 0.423. The molecule has 0 saturated heterocycles. The molecule has 34 heavy (non-hydrogen) atoms. The summed E-state index contributed by atoms with van der Waals surface area (Å²) in [6, 6.07) is 3.84. The molecule has 8 heteroatoms. The van der Waals surface area contributed by atoms with E-state index in [4.69, 9.17) is 9.84 Å². The van der Waals surface area contributed by atoms with Gasteiger partial charge in [-0.25, -0.2) is 9.37 Å². The van der Waals surface area contributed by atoms with Gasteiger partial charge < -0.3 is 14.5 Å². The SMILES string of the molecule is CNCc1cnc2ccc(-c3cncc(F)c3OCCc3c(CC(C)(C)C)nn(C)c3C)cn12. The smallest absolute Gasteiger partial charge is 0.183 e. The largest absolute Gasteiger partial charge is 0.489 e. The lowest BCUT2D eigenvalue weighted by Crippen LogP contribution is -2.13. The number of nitrogens with zero attached hydrogens (tertiary/aromatic N) is 5. The highest BCUT2D eigenvalue weighted by Gasteiger charge is 2.20. The molecule has 0 spiro atoms. The molecule has 0 amide bonds. The van der Waals surface area contributed by atoms with E-state index in [1.54, 1.807) is 6.20 Å². The number of fused-ring (bicyclic) bond motifs is 1. The van der Waals surface area contributed by atoms with Crippen molar-refractivity contribution in [2.24, 2.45) is 12.5 Å². The van der Waals surface area contributed by atoms with Crippen LogP contribution in [0, 0.1) is 18.2 Å². The third kappa shape index (κ3) is 4.97. The molecule has 4 aromatic heterocycles. The van der Waals surface area contributed by atoms with E-state index in [9.17, 15) is 4.39 Å². The van der Waals surface area contributed by atoms with Gasteiger partial charge in [-0.2, -0.15) is 5.10 Å². The molecule has 4 heterocycles. The Kier molecular flexibility index (Phi) is 6.70. The fourth-order valence-corrected chi connectivity index (χ4v) is 4.22. The lowest BCUT2D eigenvalue weighted by atomic mass is 9.88. The molecule has 4 rings (SSSR count). The number of ether oxygens (including phenoxy) is 1. The average Bonchev–Trinajstić information content (AvgIpc) is 3.29. The van der Waals surface area contributed by atoms with Crippen LogP contribution >= 0.6 is 0 Å². The molecule has 0 saturated carbocycles. The van der Waals surface area contributed by atoms with E-state index >= 15 is 0 Å². The molecule has 0 bridgehead atoms. The van der Waals surface area contributed by atoms with Crippen LogP contribution < -0.4 is 10.1 Å². The van der Waals surface area contributed by atoms with Crippen LogP contribution in [0.2, 0.25) is 0 Å². The van der Waals surface area contributed by atoms with Crippen LogP contribution in [-0.2, 0) is 26.4 Å². The van der Waals surface area contributed by atoms with Crippen molar-refractivity contribution in [3.05, 3.63) is 65.4 Å². The van der Waals surface area contributed by atoms with Crippen LogP contribution in [0.1, 0.15) is 43.4 Å². The van der Waals surface area contributed by atoms with Gasteiger partial charge in [0, 0.05) is 49.2 Å². The first kappa shape index (κ1) is 23.9. The van der Waals surface area contributed by atoms with Gasteiger partial charge in [-0.15, -0.1) is 0 Å². The van der Waals surface area contributed by atoms with Crippen LogP contribution in [0.25, 0.3) is 16.8 Å². The number of hydrogen-bond acceptors (Lipinski definition) is 5. The van der Waals surface area contributed by atoms with E-state index in [0.717, 1.165) is 34.7 Å². The number of halogens is 1. The van der Waals surface area contributed by atoms with E-state index in [1.807, 2.05) is 47.7 Å². The normalized spacial score (nSPS) is 12.0. The minimum absolute atomic E-state index is 0.124. The molecule has 7 nitrogen and oxygen atoms in total. The number of imidazole rings is 1. The summed E-state index contributed by atoms with van der Waals surface area (Å²) in [5.74, 6) is -0.264. The van der Waals surface area contributed by atoms with Gasteiger partial charge in [-0.3, -0.25) is 9.67 Å². The summed E-state index contributed by atoms with van der Waals surface area (Å²) in [7, 11) is 3.85. The van der Waals surface area contributed by atoms with E-state index in [-0.39, 0.29) is 11.2 Å². The highest BCUT2D eigenvalue weighted by atomic mass is 19.1. The van der Waals surface area contributed by atoms with Crippen molar-refractivity contribution in [3.8, 4) is 16.9 Å². The number of aryl methyl sites for hydroxylation is 1. The number of aromatic nitrogens is 5. The van der Waals surface area contributed by atoms with Gasteiger partial charge in [0.25, 0.3) is 0 Å². The summed E-state index contributed by atoms with van der Waals surface area (Å²) in [5, 5.41) is 7.86. The lowest BCUT2D eigenvalue weighted by molar-refractivity contribution is 0.304. The van der Waals surface area contributed by atoms with Gasteiger partial charge in [0.2, 0.25) is 0 Å². The molecule has 4 aromatic rings. The molecule has 1 N–H and O–H groups in total. The van der Waals surface area contributed by atoms with Gasteiger partial charge >= 0.3 is 0 Å². The second-order valence-corrected chi connectivity index (χ2v) is 9.89. The summed E-state index contributed by atoms with van der Waals surface area (Å²) in [5.41, 5.74) is 6.77. The third-order valence-electron chi connectivity index (χ3n) is 5.94. The van der Waals surface area contributed by atoms with Crippen LogP contribution in [0.4, 0.5) is 4.39 Å². The number of pyridine rings is 2. The number of rotatable bonds is 8. The monoisotopic (exact) mass is 464 g/mol. The Morgan fingerprint density at radius 2 is 1.94 bits per heavy atom. The van der Waals surface area contributed by atoms with Crippen molar-refractivity contribution < 1.29 is 9.13 Å². The molecule has 0 aliphatic carbocycles. The van der Waals surface area contributed by atoms with Crippen LogP contribution in [0.5, 0.6) is 5.75 Å². The van der Waals surface area contributed by atoms with E-state index in [1.165, 1.54) is 11.8 Å². The molecule has 0 aliphatic rings. The minimum atomic E-state index is -0.475. The fourth-order valence-electron chi connectivity index (χ4n) is 4.22. The van der Waals surface area contributed by atoms with E-state index in [0.29, 0.717) is 25.1 Å². The van der Waals surface area contributed by atoms with Crippen LogP contribution in [-0.4, -0.2) is 37.8 Å². The van der Waals surface area contributed by atoms with Crippen LogP contribution in [0.15, 0.2) is 36.9 Å². The van der Waals surface area contributed by atoms with E-state index < -0.39 is 5.82 Å². The zero-order chi connectivity index (χ0) is 24.5. The summed E-state index contributed by atoms with van der Waals surface area (Å²) >= 11 is 0. The number of nitrogens with one attached hydrogen (secondary N) is 1. The standard InChI is InChI=1S/C26H33FN6O/c1-17-20(23(31-32(17)6)11-26(2,3)4)9-10-34-25-21(14-29-15-22(25)27)18-7-8-24-30-13-19(12-28-5)33(24)16-18/h7-8,13-16,28H,9-12H2,1-6H3. The lowest BCUT2D eigenvalue weighted by Gasteiger charge is -2.18. The maximum absolute atomic E-state index is 14.9. The van der Waals surface area contributed by atoms with Gasteiger partial charge in [0.1, 0.15) is 5.65 Å². The highest BCUT2D eigenvalue weighted by molar-refractivity contribution is 5.70. The molecular weight excluding hydrogens is 431 g/mol. The third-order valence-corrected chi connectivity index (χ3v) is 5.94. The summed E-state index contributed by atoms with van der Waals surface area (Å²) in [6.45, 7) is 9.70. The number of hydrogen-bond donors (Lipinski definition) is 1. The Morgan fingerprint density at radius 3 is 2.68 bits per heavy atom. The first-order chi connectivity index (χ1) is 16.2. The maximum atomic E-state index is 14.9. The first-order valence-electron chi connectivity index (χ1n) is 11.6. The molecule has 0 radical (unpaired) electrons. The summed E-state index contributed by atoms with van der Waals surface area (Å²) < 4.78 is 24.8. The van der Waals surface area contributed by atoms with Gasteiger partial charge in [-0.05, 0) is 43.5 Å². The predicted molar refractivity (Wildman–Crippen MR) is 131 cm³/mol. The Labute approximate surface area is 200 Å². The van der Waals surface area contributed by atoms with Crippen molar-refractivity contribution in [1.29, 1.82) is 0 Å². The average molecular weight is 465 g/mol. The predicted octanol–water partition coefficient (Wildman–Crippen LogP) is 4.51. The van der Waals surface area contributed by atoms with Gasteiger partial charge in [0.15, 0.2) is 11.6 Å². The first-order valence-corrected chi connectivity index (χ1v) is 11.6. The van der Waals surface area contributed by atoms with Crippen molar-refractivity contribution in [1.82, 2.24) is 29.5 Å². The highest BCUT2D eigenvalue weighted by Crippen LogP contribution is 2.32.